The number of hydrogen-bond acceptors (Lipinski definition) is 4. The van der Waals surface area contributed by atoms with Crippen molar-refractivity contribution in [3.63, 3.8) is 0 Å². The van der Waals surface area contributed by atoms with E-state index in [1.54, 1.807) is 0 Å². The summed E-state index contributed by atoms with van der Waals surface area (Å²) in [7, 11) is 0. The van der Waals surface area contributed by atoms with Crippen molar-refractivity contribution in [2.24, 2.45) is 5.92 Å². The number of esters is 1. The summed E-state index contributed by atoms with van der Waals surface area (Å²) in [5, 5.41) is 0. The van der Waals surface area contributed by atoms with E-state index in [0.29, 0.717) is 18.8 Å². The molecule has 0 bridgehead atoms. The molecule has 22 heavy (non-hydrogen) atoms. The van der Waals surface area contributed by atoms with Crippen LogP contribution in [0.5, 0.6) is 5.75 Å². The number of carbonyl (C=O) groups excluding carboxylic acids is 1. The zero-order valence-electron chi connectivity index (χ0n) is 12.5. The molecular formula is C18H19NO3. The Labute approximate surface area is 130 Å². The summed E-state index contributed by atoms with van der Waals surface area (Å²) >= 11 is 0. The van der Waals surface area contributed by atoms with Crippen LogP contribution in [-0.2, 0) is 16.2 Å². The Morgan fingerprint density at radius 2 is 1.82 bits per heavy atom. The minimum atomic E-state index is -0.245. The van der Waals surface area contributed by atoms with E-state index in [9.17, 15) is 4.79 Å². The monoisotopic (exact) mass is 297 g/mol. The zero-order valence-corrected chi connectivity index (χ0v) is 12.5. The van der Waals surface area contributed by atoms with Crippen molar-refractivity contribution in [1.29, 1.82) is 0 Å². The van der Waals surface area contributed by atoms with Gasteiger partial charge < -0.3 is 4.74 Å². The molecule has 2 aromatic rings. The molecule has 4 heteroatoms. The molecule has 1 aliphatic heterocycles. The molecule has 4 nitrogen and oxygen atoms in total. The van der Waals surface area contributed by atoms with Crippen molar-refractivity contribution in [2.75, 3.05) is 0 Å². The van der Waals surface area contributed by atoms with Crippen molar-refractivity contribution in [3.8, 4) is 5.75 Å². The Bertz CT molecular complexity index is 642. The summed E-state index contributed by atoms with van der Waals surface area (Å²) in [4.78, 5) is 17.8. The molecule has 0 unspecified atom stereocenters. The number of hydrogen-bond donors (Lipinski definition) is 1. The number of rotatable bonds is 5. The number of carbonyl (C=O) groups is 1. The van der Waals surface area contributed by atoms with Gasteiger partial charge in [-0.2, -0.15) is 5.48 Å². The number of ether oxygens (including phenoxy) is 1. The Balaban J connectivity index is 1.73. The summed E-state index contributed by atoms with van der Waals surface area (Å²) in [5.74, 6) is 0.158. The SMILES string of the molecule is CC[C@@H]1C(=O)Oc2ccccc2[C@H]1NOCc1ccccc1. The van der Waals surface area contributed by atoms with Crippen molar-refractivity contribution >= 4 is 5.97 Å². The summed E-state index contributed by atoms with van der Waals surface area (Å²) in [6.45, 7) is 2.43. The van der Waals surface area contributed by atoms with E-state index in [0.717, 1.165) is 11.1 Å². The van der Waals surface area contributed by atoms with Crippen LogP contribution in [0.1, 0.15) is 30.5 Å². The van der Waals surface area contributed by atoms with E-state index in [4.69, 9.17) is 9.57 Å². The molecule has 0 spiro atoms. The first kappa shape index (κ1) is 14.8. The van der Waals surface area contributed by atoms with Crippen LogP contribution in [0, 0.1) is 5.92 Å². The van der Waals surface area contributed by atoms with Gasteiger partial charge in [-0.05, 0) is 18.1 Å². The minimum absolute atomic E-state index is 0.189. The maximum atomic E-state index is 12.1. The van der Waals surface area contributed by atoms with Gasteiger partial charge in [0, 0.05) is 5.56 Å². The number of hydroxylamine groups is 1. The molecule has 2 aromatic carbocycles. The van der Waals surface area contributed by atoms with E-state index in [2.05, 4.69) is 5.48 Å². The van der Waals surface area contributed by atoms with E-state index >= 15 is 0 Å². The topological polar surface area (TPSA) is 47.6 Å². The van der Waals surface area contributed by atoms with Gasteiger partial charge >= 0.3 is 5.97 Å². The third-order valence-corrected chi connectivity index (χ3v) is 3.90. The quantitative estimate of drug-likeness (QED) is 0.522. The summed E-state index contributed by atoms with van der Waals surface area (Å²) < 4.78 is 5.40. The molecule has 0 aromatic heterocycles. The molecule has 1 heterocycles. The van der Waals surface area contributed by atoms with Gasteiger partial charge in [-0.25, -0.2) is 0 Å². The number of benzene rings is 2. The molecule has 0 radical (unpaired) electrons. The van der Waals surface area contributed by atoms with Gasteiger partial charge in [-0.3, -0.25) is 9.63 Å². The molecule has 0 saturated carbocycles. The van der Waals surface area contributed by atoms with Crippen molar-refractivity contribution in [3.05, 3.63) is 65.7 Å². The van der Waals surface area contributed by atoms with Crippen LogP contribution < -0.4 is 10.2 Å². The van der Waals surface area contributed by atoms with Crippen molar-refractivity contribution < 1.29 is 14.4 Å². The highest BCUT2D eigenvalue weighted by Gasteiger charge is 2.36. The highest BCUT2D eigenvalue weighted by molar-refractivity contribution is 5.79. The normalized spacial score (nSPS) is 20.3. The average molecular weight is 297 g/mol. The molecule has 0 aliphatic carbocycles. The van der Waals surface area contributed by atoms with E-state index in [1.165, 1.54) is 0 Å². The Morgan fingerprint density at radius 1 is 1.09 bits per heavy atom. The molecule has 0 fully saturated rings. The average Bonchev–Trinajstić information content (AvgIpc) is 2.55. The first-order valence-electron chi connectivity index (χ1n) is 7.51. The first-order chi connectivity index (χ1) is 10.8. The Hall–Kier alpha value is -2.17. The molecule has 0 amide bonds. The smallest absolute Gasteiger partial charge is 0.316 e. The first-order valence-corrected chi connectivity index (χ1v) is 7.51. The molecule has 2 atom stereocenters. The summed E-state index contributed by atoms with van der Waals surface area (Å²) in [6, 6.07) is 17.3. The van der Waals surface area contributed by atoms with Crippen LogP contribution in [0.25, 0.3) is 0 Å². The van der Waals surface area contributed by atoms with Crippen LogP contribution in [-0.4, -0.2) is 5.97 Å². The Kier molecular flexibility index (Phi) is 4.51. The van der Waals surface area contributed by atoms with E-state index in [1.807, 2.05) is 61.5 Å². The number of para-hydroxylation sites is 1. The molecule has 1 N–H and O–H groups in total. The molecule has 114 valence electrons. The summed E-state index contributed by atoms with van der Waals surface area (Å²) in [6.07, 6.45) is 0.694. The zero-order chi connectivity index (χ0) is 15.4. The van der Waals surface area contributed by atoms with E-state index < -0.39 is 0 Å². The summed E-state index contributed by atoms with van der Waals surface area (Å²) in [5.41, 5.74) is 5.10. The van der Waals surface area contributed by atoms with Crippen molar-refractivity contribution in [2.45, 2.75) is 26.0 Å². The van der Waals surface area contributed by atoms with Crippen LogP contribution in [0.4, 0.5) is 0 Å². The van der Waals surface area contributed by atoms with E-state index in [-0.39, 0.29) is 17.9 Å². The van der Waals surface area contributed by atoms with Crippen LogP contribution in [0.3, 0.4) is 0 Å². The standard InChI is InChI=1S/C18H19NO3/c1-2-14-17(19-21-12-13-8-4-3-5-9-13)15-10-6-7-11-16(15)22-18(14)20/h3-11,14,17,19H,2,12H2,1H3/t14-,17-/m0/s1. The van der Waals surface area contributed by atoms with Crippen LogP contribution in [0.15, 0.2) is 54.6 Å². The maximum Gasteiger partial charge on any atom is 0.316 e. The van der Waals surface area contributed by atoms with Gasteiger partial charge in [0.1, 0.15) is 5.75 Å². The Morgan fingerprint density at radius 3 is 2.59 bits per heavy atom. The molecule has 0 saturated heterocycles. The molecular weight excluding hydrogens is 278 g/mol. The lowest BCUT2D eigenvalue weighted by atomic mass is 9.89. The minimum Gasteiger partial charge on any atom is -0.426 e. The van der Waals surface area contributed by atoms with Gasteiger partial charge in [0.2, 0.25) is 0 Å². The number of fused-ring (bicyclic) bond motifs is 1. The van der Waals surface area contributed by atoms with Gasteiger partial charge in [0.25, 0.3) is 0 Å². The second kappa shape index (κ2) is 6.73. The maximum absolute atomic E-state index is 12.1. The van der Waals surface area contributed by atoms with Crippen molar-refractivity contribution in [1.82, 2.24) is 5.48 Å². The second-order valence-corrected chi connectivity index (χ2v) is 5.34. The molecule has 3 rings (SSSR count). The highest BCUT2D eigenvalue weighted by atomic mass is 16.6. The third-order valence-electron chi connectivity index (χ3n) is 3.90. The lowest BCUT2D eigenvalue weighted by molar-refractivity contribution is -0.144. The fraction of sp³-hybridized carbons (Fsp3) is 0.278. The molecule has 1 aliphatic rings. The fourth-order valence-electron chi connectivity index (χ4n) is 2.70. The van der Waals surface area contributed by atoms with Gasteiger partial charge in [-0.1, -0.05) is 55.5 Å². The highest BCUT2D eigenvalue weighted by Crippen LogP contribution is 2.37. The second-order valence-electron chi connectivity index (χ2n) is 5.34. The fourth-order valence-corrected chi connectivity index (χ4v) is 2.70. The van der Waals surface area contributed by atoms with Crippen LogP contribution >= 0.6 is 0 Å². The van der Waals surface area contributed by atoms with Gasteiger partial charge in [0.15, 0.2) is 0 Å². The lowest BCUT2D eigenvalue weighted by Crippen LogP contribution is -2.38. The number of nitrogens with one attached hydrogen (secondary N) is 1. The lowest BCUT2D eigenvalue weighted by Gasteiger charge is -2.31. The predicted molar refractivity (Wildman–Crippen MR) is 83.0 cm³/mol. The largest absolute Gasteiger partial charge is 0.426 e. The third kappa shape index (κ3) is 3.03. The van der Waals surface area contributed by atoms with Gasteiger partial charge in [-0.15, -0.1) is 0 Å². The van der Waals surface area contributed by atoms with Gasteiger partial charge in [0.05, 0.1) is 18.6 Å². The van der Waals surface area contributed by atoms with Crippen LogP contribution in [0.2, 0.25) is 0 Å². The predicted octanol–water partition coefficient (Wildman–Crippen LogP) is 3.39.